The summed E-state index contributed by atoms with van der Waals surface area (Å²) < 4.78 is 30.4. The van der Waals surface area contributed by atoms with Crippen LogP contribution in [0, 0.1) is 41.4 Å². The molecule has 1 spiro atoms. The summed E-state index contributed by atoms with van der Waals surface area (Å²) in [5.74, 6) is 10.1. The van der Waals surface area contributed by atoms with Crippen molar-refractivity contribution >= 4 is 16.6 Å². The van der Waals surface area contributed by atoms with Gasteiger partial charge in [-0.2, -0.15) is 0 Å². The number of aromatic hydroxyl groups is 3. The molecule has 4 aliphatic carbocycles. The van der Waals surface area contributed by atoms with E-state index in [1.54, 1.807) is 24.3 Å². The largest absolute Gasteiger partial charge is 0.508 e. The number of aryl methyl sites for hydroxylation is 3. The fourth-order valence-corrected chi connectivity index (χ4v) is 18.4. The lowest BCUT2D eigenvalue weighted by Crippen LogP contribution is -2.64. The van der Waals surface area contributed by atoms with Gasteiger partial charge in [0, 0.05) is 76.8 Å². The van der Waals surface area contributed by atoms with Crippen molar-refractivity contribution in [2.45, 2.75) is 197 Å². The highest BCUT2D eigenvalue weighted by Gasteiger charge is 2.63. The van der Waals surface area contributed by atoms with Crippen LogP contribution in [0.15, 0.2) is 108 Å². The number of phenolic OH excluding ortho intramolecular Hbond substituents is 3. The smallest absolute Gasteiger partial charge is 0.165 e. The molecular formula is C79H95N3O10. The van der Waals surface area contributed by atoms with Gasteiger partial charge >= 0.3 is 0 Å². The minimum Gasteiger partial charge on any atom is -0.508 e. The number of unbranched alkanes of at least 4 members (excludes halogenated alkanes) is 1. The highest BCUT2D eigenvalue weighted by molar-refractivity contribution is 5.89. The van der Waals surface area contributed by atoms with E-state index in [0.29, 0.717) is 55.9 Å². The van der Waals surface area contributed by atoms with Gasteiger partial charge in [-0.05, 0) is 225 Å². The van der Waals surface area contributed by atoms with Crippen molar-refractivity contribution in [1.82, 2.24) is 15.2 Å². The third-order valence-corrected chi connectivity index (χ3v) is 22.6. The molecule has 6 aromatic rings. The van der Waals surface area contributed by atoms with Crippen molar-refractivity contribution < 1.29 is 49.6 Å². The zero-order valence-electron chi connectivity index (χ0n) is 54.0. The van der Waals surface area contributed by atoms with Crippen molar-refractivity contribution in [3.05, 3.63) is 170 Å². The van der Waals surface area contributed by atoms with Crippen molar-refractivity contribution in [3.8, 4) is 34.8 Å². The van der Waals surface area contributed by atoms with Gasteiger partial charge in [0.25, 0.3) is 0 Å². The van der Waals surface area contributed by atoms with Gasteiger partial charge in [-0.1, -0.05) is 93.5 Å². The zero-order chi connectivity index (χ0) is 63.1. The van der Waals surface area contributed by atoms with Gasteiger partial charge in [0.2, 0.25) is 0 Å². The molecule has 1 saturated heterocycles. The van der Waals surface area contributed by atoms with Crippen molar-refractivity contribution in [2.24, 2.45) is 29.6 Å². The first-order chi connectivity index (χ1) is 44.9. The average molecular weight is 1250 g/mol. The van der Waals surface area contributed by atoms with Gasteiger partial charge in [0.1, 0.15) is 30.1 Å². The third kappa shape index (κ3) is 12.3. The predicted octanol–water partition coefficient (Wildman–Crippen LogP) is 13.2. The molecule has 6 heterocycles. The maximum atomic E-state index is 12.8. The van der Waals surface area contributed by atoms with Gasteiger partial charge in [-0.3, -0.25) is 5.32 Å². The summed E-state index contributed by atoms with van der Waals surface area (Å²) in [6.45, 7) is 6.32. The second-order valence-electron chi connectivity index (χ2n) is 28.8. The molecule has 5 aliphatic heterocycles. The molecule has 1 unspecified atom stereocenters. The number of dihydropyridines is 1. The third-order valence-electron chi connectivity index (χ3n) is 22.6. The summed E-state index contributed by atoms with van der Waals surface area (Å²) in [4.78, 5) is 0. The van der Waals surface area contributed by atoms with E-state index in [4.69, 9.17) is 18.9 Å². The van der Waals surface area contributed by atoms with Crippen LogP contribution in [-0.2, 0) is 64.9 Å². The number of hydrogen-bond acceptors (Lipinski definition) is 12. The van der Waals surface area contributed by atoms with Crippen LogP contribution >= 0.6 is 0 Å². The molecule has 92 heavy (non-hydrogen) atoms. The minimum absolute atomic E-state index is 0.0110. The maximum absolute atomic E-state index is 12.8. The number of nitrogens with one attached hydrogen (secondary N) is 2. The van der Waals surface area contributed by atoms with Crippen LogP contribution < -0.4 is 15.4 Å². The van der Waals surface area contributed by atoms with Gasteiger partial charge in [0.15, 0.2) is 11.5 Å². The number of aliphatic hydroxyl groups is 3. The fraction of sp³-hybridized carbons (Fsp3) is 0.519. The number of hydrogen-bond donors (Lipinski definition) is 8. The molecule has 9 aliphatic rings. The Kier molecular flexibility index (Phi) is 18.5. The molecule has 9 atom stereocenters. The monoisotopic (exact) mass is 1250 g/mol. The molecular weight excluding hydrogens is 1150 g/mol. The molecule has 8 N–H and O–H groups in total. The van der Waals surface area contributed by atoms with Gasteiger partial charge in [-0.15, -0.1) is 0 Å². The molecule has 13 heteroatoms. The molecule has 2 fully saturated rings. The number of phenols is 3. The SMILES string of the molecule is CC(C)C[C@H]1C[C@@H]2Cc3c(CO)cc(O)c(c31)OCc1cc([C@]34c5c6cccc5CC[C@H]3C3(CCCCC3)OC[C@H]4CC6)cc3cn(cc13)C1=C3CO[C@@H](CCC[C@H](CCc4ccc(O)c(Cc5cccc(O)c5)c4)C#CC3=CC(NCOCCCCO)N1)C[C@@H]2O. The molecule has 5 aromatic carbocycles. The van der Waals surface area contributed by atoms with Gasteiger partial charge < -0.3 is 59.5 Å². The number of nitrogens with zero attached hydrogens (tertiary/aromatic N) is 1. The van der Waals surface area contributed by atoms with Crippen LogP contribution in [0.25, 0.3) is 16.6 Å². The summed E-state index contributed by atoms with van der Waals surface area (Å²) in [6.07, 6.45) is 23.6. The Hall–Kier alpha value is -6.60. The number of aromatic nitrogens is 1. The summed E-state index contributed by atoms with van der Waals surface area (Å²) >= 11 is 0. The maximum Gasteiger partial charge on any atom is 0.165 e. The van der Waals surface area contributed by atoms with E-state index in [1.165, 1.54) is 41.5 Å². The van der Waals surface area contributed by atoms with E-state index in [9.17, 15) is 30.6 Å². The Morgan fingerprint density at radius 2 is 1.67 bits per heavy atom. The van der Waals surface area contributed by atoms with Crippen LogP contribution in [-0.4, -0.2) is 92.3 Å². The van der Waals surface area contributed by atoms with E-state index >= 15 is 0 Å². The average Bonchev–Trinajstić information content (AvgIpc) is 0.754. The number of benzene rings is 5. The van der Waals surface area contributed by atoms with E-state index in [0.717, 1.165) is 151 Å². The molecule has 8 bridgehead atoms. The Morgan fingerprint density at radius 1 is 0.826 bits per heavy atom. The van der Waals surface area contributed by atoms with Crippen LogP contribution in [0.1, 0.15) is 184 Å². The van der Waals surface area contributed by atoms with E-state index < -0.39 is 6.10 Å². The minimum atomic E-state index is -0.712. The zero-order valence-corrected chi connectivity index (χ0v) is 54.0. The van der Waals surface area contributed by atoms with Crippen LogP contribution in [0.2, 0.25) is 0 Å². The van der Waals surface area contributed by atoms with E-state index in [2.05, 4.69) is 95.8 Å². The first kappa shape index (κ1) is 62.8. The van der Waals surface area contributed by atoms with Crippen LogP contribution in [0.3, 0.4) is 0 Å². The van der Waals surface area contributed by atoms with Gasteiger partial charge in [0.05, 0.1) is 44.4 Å². The topological polar surface area (TPSA) is 187 Å². The van der Waals surface area contributed by atoms with Crippen LogP contribution in [0.5, 0.6) is 23.0 Å². The summed E-state index contributed by atoms with van der Waals surface area (Å²) in [5, 5.41) is 76.9. The highest BCUT2D eigenvalue weighted by Crippen LogP contribution is 2.64. The quantitative estimate of drug-likeness (QED) is 0.0261. The van der Waals surface area contributed by atoms with Crippen molar-refractivity contribution in [1.29, 1.82) is 0 Å². The molecule has 486 valence electrons. The van der Waals surface area contributed by atoms with E-state index in [-0.39, 0.29) is 103 Å². The Balaban J connectivity index is 0.931. The lowest BCUT2D eigenvalue weighted by Gasteiger charge is -2.63. The first-order valence-corrected chi connectivity index (χ1v) is 34.9. The fourth-order valence-electron chi connectivity index (χ4n) is 18.4. The normalized spacial score (nSPS) is 26.5. The number of rotatable bonds is 16. The summed E-state index contributed by atoms with van der Waals surface area (Å²) in [7, 11) is 0. The standard InChI is InChI=1S/C79H95N3O10/c1-49(2)31-58-35-57-38-66-60(44-84)39-71(88)76(74(58)66)91-45-61-37-63(79-62-24-22-53-13-10-14-54(75(53)79)23-26-72(79)78(92-46-62)27-4-3-5-28-78)36-59-42-82(43-67(59)61)77-68-47-90-65(41-70(57)87)16-9-11-50(19-21-55(68)40-73(81-77)80-48-89-30-7-6-29-83)17-18-51-20-25-69(86)56(32-51)33-52-12-8-15-64(85)34-52/h8,10,12-15,20,25,32,34,36-37,39-40,42-43,49-50,57-58,62,65,70,72-73,80-81,83-88H,3-7,9,11,16-18,22-24,26-31,33,35,38,41,44-48H2,1-2H3/t50-,57-,58+,62-,65+,70+,72+,73?,79+/m1/s1. The van der Waals surface area contributed by atoms with E-state index in [1.807, 2.05) is 18.2 Å². The molecule has 1 saturated carbocycles. The second kappa shape index (κ2) is 27.0. The molecule has 0 radical (unpaired) electrons. The van der Waals surface area contributed by atoms with Crippen LogP contribution in [0.4, 0.5) is 0 Å². The second-order valence-corrected chi connectivity index (χ2v) is 28.8. The summed E-state index contributed by atoms with van der Waals surface area (Å²) in [6, 6.07) is 26.9. The molecule has 1 aromatic heterocycles. The lowest BCUT2D eigenvalue weighted by atomic mass is 9.45. The Labute approximate surface area is 543 Å². The predicted molar refractivity (Wildman–Crippen MR) is 358 cm³/mol. The highest BCUT2D eigenvalue weighted by atomic mass is 16.5. The Bertz CT molecular complexity index is 3790. The van der Waals surface area contributed by atoms with Crippen molar-refractivity contribution in [3.63, 3.8) is 0 Å². The molecule has 15 rings (SSSR count). The number of aliphatic hydroxyl groups excluding tert-OH is 3. The first-order valence-electron chi connectivity index (χ1n) is 34.9. The molecule has 0 amide bonds. The summed E-state index contributed by atoms with van der Waals surface area (Å²) in [5.41, 5.74) is 13.6. The van der Waals surface area contributed by atoms with Crippen molar-refractivity contribution in [2.75, 3.05) is 33.2 Å². The van der Waals surface area contributed by atoms with Gasteiger partial charge in [-0.25, -0.2) is 0 Å². The lowest BCUT2D eigenvalue weighted by molar-refractivity contribution is -0.193. The number of fused-ring (bicyclic) bond motifs is 4. The number of ether oxygens (including phenoxy) is 4. The molecule has 13 nitrogen and oxygen atoms in total. The Morgan fingerprint density at radius 3 is 2.50 bits per heavy atom.